The maximum absolute atomic E-state index is 12.4. The molecule has 126 valence electrons. The average molecular weight is 324 g/mol. The zero-order valence-corrected chi connectivity index (χ0v) is 14.4. The van der Waals surface area contributed by atoms with Crippen molar-refractivity contribution in [3.8, 4) is 0 Å². The van der Waals surface area contributed by atoms with Crippen LogP contribution in [0.15, 0.2) is 42.5 Å². The summed E-state index contributed by atoms with van der Waals surface area (Å²) in [6.45, 7) is 4.81. The second-order valence-electron chi connectivity index (χ2n) is 6.42. The van der Waals surface area contributed by atoms with Crippen LogP contribution >= 0.6 is 0 Å². The summed E-state index contributed by atoms with van der Waals surface area (Å²) >= 11 is 0. The lowest BCUT2D eigenvalue weighted by Gasteiger charge is -2.26. The van der Waals surface area contributed by atoms with Gasteiger partial charge in [0.2, 0.25) is 0 Å². The van der Waals surface area contributed by atoms with Gasteiger partial charge in [0.05, 0.1) is 23.5 Å². The quantitative estimate of drug-likeness (QED) is 0.911. The first kappa shape index (κ1) is 16.5. The molecule has 0 saturated carbocycles. The Bertz CT molecular complexity index is 717. The molecular formula is C19H24N4O. The van der Waals surface area contributed by atoms with Crippen molar-refractivity contribution in [3.63, 3.8) is 0 Å². The normalized spacial score (nSPS) is 20.8. The van der Waals surface area contributed by atoms with Crippen LogP contribution in [0.25, 0.3) is 0 Å². The highest BCUT2D eigenvalue weighted by molar-refractivity contribution is 5.90. The summed E-state index contributed by atoms with van der Waals surface area (Å²) in [5.74, 6) is 0. The van der Waals surface area contributed by atoms with Gasteiger partial charge in [-0.15, -0.1) is 0 Å². The Morgan fingerprint density at radius 1 is 1.17 bits per heavy atom. The van der Waals surface area contributed by atoms with E-state index in [9.17, 15) is 4.79 Å². The predicted molar refractivity (Wildman–Crippen MR) is 96.1 cm³/mol. The van der Waals surface area contributed by atoms with Gasteiger partial charge in [-0.05, 0) is 45.0 Å². The molecule has 2 heterocycles. The minimum Gasteiger partial charge on any atom is -0.333 e. The summed E-state index contributed by atoms with van der Waals surface area (Å²) in [5, 5.41) is 6.05. The molecule has 0 radical (unpaired) electrons. The molecule has 1 aliphatic rings. The van der Waals surface area contributed by atoms with Gasteiger partial charge in [-0.2, -0.15) is 0 Å². The fourth-order valence-corrected chi connectivity index (χ4v) is 3.38. The van der Waals surface area contributed by atoms with E-state index in [0.717, 1.165) is 30.0 Å². The van der Waals surface area contributed by atoms with Crippen molar-refractivity contribution in [1.29, 1.82) is 0 Å². The van der Waals surface area contributed by atoms with Crippen LogP contribution in [0.5, 0.6) is 0 Å². The summed E-state index contributed by atoms with van der Waals surface area (Å²) in [6, 6.07) is 14.3. The van der Waals surface area contributed by atoms with Crippen LogP contribution in [0.3, 0.4) is 0 Å². The minimum absolute atomic E-state index is 0.0936. The molecule has 1 aromatic carbocycles. The van der Waals surface area contributed by atoms with Crippen LogP contribution in [-0.2, 0) is 0 Å². The third-order valence-electron chi connectivity index (χ3n) is 4.58. The van der Waals surface area contributed by atoms with Crippen molar-refractivity contribution < 1.29 is 4.79 Å². The van der Waals surface area contributed by atoms with E-state index < -0.39 is 0 Å². The highest BCUT2D eigenvalue weighted by Crippen LogP contribution is 2.30. The number of nitrogens with zero attached hydrogens (tertiary/aromatic N) is 2. The second-order valence-corrected chi connectivity index (χ2v) is 6.42. The lowest BCUT2D eigenvalue weighted by Crippen LogP contribution is -2.41. The average Bonchev–Trinajstić information content (AvgIpc) is 2.91. The van der Waals surface area contributed by atoms with Gasteiger partial charge in [0, 0.05) is 12.2 Å². The van der Waals surface area contributed by atoms with Crippen LogP contribution in [0, 0.1) is 13.8 Å². The fraction of sp³-hybridized carbons (Fsp3) is 0.368. The van der Waals surface area contributed by atoms with E-state index in [0.29, 0.717) is 0 Å². The number of likely N-dealkylation sites (tertiary alicyclic amines) is 1. The number of amides is 2. The van der Waals surface area contributed by atoms with Crippen LogP contribution in [0.2, 0.25) is 0 Å². The number of nitrogens with one attached hydrogen (secondary N) is 2. The lowest BCUT2D eigenvalue weighted by molar-refractivity contribution is 0.240. The molecule has 0 bridgehead atoms. The van der Waals surface area contributed by atoms with Crippen LogP contribution < -0.4 is 10.6 Å². The van der Waals surface area contributed by atoms with E-state index in [1.807, 2.05) is 44.2 Å². The molecule has 0 aliphatic carbocycles. The largest absolute Gasteiger partial charge is 0.333 e. The number of anilines is 1. The van der Waals surface area contributed by atoms with Crippen LogP contribution in [-0.4, -0.2) is 35.5 Å². The second kappa shape index (κ2) is 7.01. The Balaban J connectivity index is 1.69. The standard InChI is InChI=1S/C19H24N4O/c1-13-9-10-16(14(2)20-13)21-19(24)22-17-11-12-23(3)18(17)15-7-5-4-6-8-15/h4-10,17-18H,11-12H2,1-3H3,(H2,21,22,24)/t17-,18+/m1/s1. The number of carbonyl (C=O) groups is 1. The fourth-order valence-electron chi connectivity index (χ4n) is 3.38. The van der Waals surface area contributed by atoms with Gasteiger partial charge in [-0.3, -0.25) is 9.88 Å². The third-order valence-corrected chi connectivity index (χ3v) is 4.58. The summed E-state index contributed by atoms with van der Waals surface area (Å²) in [6.07, 6.45) is 0.939. The first-order valence-corrected chi connectivity index (χ1v) is 8.31. The number of carbonyl (C=O) groups excluding carboxylic acids is 1. The van der Waals surface area contributed by atoms with Crippen molar-refractivity contribution in [1.82, 2.24) is 15.2 Å². The molecule has 5 nitrogen and oxygen atoms in total. The molecule has 3 rings (SSSR count). The molecule has 1 aromatic heterocycles. The van der Waals surface area contributed by atoms with Crippen molar-refractivity contribution in [2.24, 2.45) is 0 Å². The zero-order valence-electron chi connectivity index (χ0n) is 14.4. The van der Waals surface area contributed by atoms with E-state index in [4.69, 9.17) is 0 Å². The minimum atomic E-state index is -0.176. The Morgan fingerprint density at radius 2 is 1.92 bits per heavy atom. The summed E-state index contributed by atoms with van der Waals surface area (Å²) in [5.41, 5.74) is 3.75. The molecule has 2 atom stereocenters. The van der Waals surface area contributed by atoms with Gasteiger partial charge in [0.25, 0.3) is 0 Å². The molecule has 5 heteroatoms. The summed E-state index contributed by atoms with van der Waals surface area (Å²) < 4.78 is 0. The number of hydrogen-bond donors (Lipinski definition) is 2. The van der Waals surface area contributed by atoms with Gasteiger partial charge in [0.1, 0.15) is 0 Å². The Morgan fingerprint density at radius 3 is 2.62 bits per heavy atom. The Labute approximate surface area is 143 Å². The molecule has 0 spiro atoms. The summed E-state index contributed by atoms with van der Waals surface area (Å²) in [4.78, 5) is 19.1. The van der Waals surface area contributed by atoms with Crippen molar-refractivity contribution >= 4 is 11.7 Å². The van der Waals surface area contributed by atoms with E-state index in [1.165, 1.54) is 5.56 Å². The predicted octanol–water partition coefficient (Wildman–Crippen LogP) is 3.27. The molecule has 24 heavy (non-hydrogen) atoms. The van der Waals surface area contributed by atoms with E-state index in [1.54, 1.807) is 0 Å². The molecule has 1 saturated heterocycles. The third kappa shape index (κ3) is 3.57. The number of aromatic nitrogens is 1. The molecule has 2 N–H and O–H groups in total. The number of pyridine rings is 1. The zero-order chi connectivity index (χ0) is 17.1. The smallest absolute Gasteiger partial charge is 0.319 e. The van der Waals surface area contributed by atoms with Crippen LogP contribution in [0.1, 0.15) is 29.4 Å². The molecule has 1 fully saturated rings. The number of aryl methyl sites for hydroxylation is 2. The molecule has 1 aliphatic heterocycles. The first-order chi connectivity index (χ1) is 11.5. The van der Waals surface area contributed by atoms with Crippen molar-refractivity contribution in [3.05, 3.63) is 59.4 Å². The van der Waals surface area contributed by atoms with Crippen molar-refractivity contribution in [2.75, 3.05) is 18.9 Å². The molecule has 2 aromatic rings. The monoisotopic (exact) mass is 324 g/mol. The Kier molecular flexibility index (Phi) is 4.81. The number of urea groups is 1. The topological polar surface area (TPSA) is 57.3 Å². The van der Waals surface area contributed by atoms with E-state index in [2.05, 4.69) is 39.7 Å². The number of likely N-dealkylation sites (N-methyl/N-ethyl adjacent to an activating group) is 1. The molecule has 2 amide bonds. The maximum atomic E-state index is 12.4. The van der Waals surface area contributed by atoms with Gasteiger partial charge in [0.15, 0.2) is 0 Å². The van der Waals surface area contributed by atoms with E-state index >= 15 is 0 Å². The molecular weight excluding hydrogens is 300 g/mol. The van der Waals surface area contributed by atoms with Crippen molar-refractivity contribution in [2.45, 2.75) is 32.4 Å². The van der Waals surface area contributed by atoms with Crippen LogP contribution in [0.4, 0.5) is 10.5 Å². The van der Waals surface area contributed by atoms with Gasteiger partial charge in [-0.25, -0.2) is 4.79 Å². The summed E-state index contributed by atoms with van der Waals surface area (Å²) in [7, 11) is 2.10. The number of hydrogen-bond acceptors (Lipinski definition) is 3. The van der Waals surface area contributed by atoms with Gasteiger partial charge < -0.3 is 10.6 Å². The lowest BCUT2D eigenvalue weighted by atomic mass is 10.0. The maximum Gasteiger partial charge on any atom is 0.319 e. The Hall–Kier alpha value is -2.40. The highest BCUT2D eigenvalue weighted by atomic mass is 16.2. The number of rotatable bonds is 3. The number of benzene rings is 1. The van der Waals surface area contributed by atoms with Gasteiger partial charge in [-0.1, -0.05) is 30.3 Å². The highest BCUT2D eigenvalue weighted by Gasteiger charge is 2.33. The molecule has 0 unspecified atom stereocenters. The van der Waals surface area contributed by atoms with Gasteiger partial charge >= 0.3 is 6.03 Å². The first-order valence-electron chi connectivity index (χ1n) is 8.31. The SMILES string of the molecule is Cc1ccc(NC(=O)N[C@@H]2CCN(C)[C@H]2c2ccccc2)c(C)n1. The van der Waals surface area contributed by atoms with E-state index in [-0.39, 0.29) is 18.1 Å².